The Morgan fingerprint density at radius 1 is 0.238 bits per heavy atom. The lowest BCUT2D eigenvalue weighted by atomic mass is 9.91. The number of benzene rings is 12. The number of nitrogens with zero attached hydrogens (tertiary/aromatic N) is 5. The van der Waals surface area contributed by atoms with Crippen molar-refractivity contribution in [2.75, 3.05) is 0 Å². The van der Waals surface area contributed by atoms with Gasteiger partial charge in [0.2, 0.25) is 28.5 Å². The van der Waals surface area contributed by atoms with E-state index in [1.54, 1.807) is 11.1 Å². The van der Waals surface area contributed by atoms with E-state index in [0.29, 0.717) is 40.7 Å². The number of fused-ring (bicyclic) bond motifs is 7. The van der Waals surface area contributed by atoms with E-state index in [9.17, 15) is 4.39 Å². The standard InChI is InChI=1S/C28H30N.C24H24N.C23H26N.2C22H25FN/c1-18(2)22-10-13-26-23(17-22)14-15-29(6)28(26)25-12-11-24(16-21(25)5)27-19(3)8-7-9-20(27)4;1-16(2)18-9-10-22-21(14-18)11-12-25(4)24(22)23-15-20-8-6-5-7-19(20)13-17(23)3;1-15(2)17-8-9-21-20(13-17)10-11-24(4)23(21)22-14-19-7-5-6-18(19)12-16(22)3;1-13(2)17-7-8-19-18(12-17)9-10-24(6)22(19)20-11-14(3)21(23)16(5)15(20)4;1-13(2)17-7-8-19-18(12-17)9-10-24(6)22(19)20-16(5)14(3)11-15(4)21(20)23/h7-18H,1-6H3;5-16H,1-4H3;8-15H,5-7H2,1-4H3;2*7-13H,1-6H3/q5*+1. The molecule has 17 aromatic rings. The highest BCUT2D eigenvalue weighted by molar-refractivity contribution is 6.00. The quantitative estimate of drug-likeness (QED) is 0.115. The normalized spacial score (nSPS) is 11.9. The molecule has 5 heterocycles. The van der Waals surface area contributed by atoms with Crippen LogP contribution >= 0.6 is 0 Å². The number of pyridine rings is 5. The summed E-state index contributed by atoms with van der Waals surface area (Å²) in [5, 5.41) is 15.2. The molecule has 0 radical (unpaired) electrons. The summed E-state index contributed by atoms with van der Waals surface area (Å²) < 4.78 is 40.2. The van der Waals surface area contributed by atoms with E-state index in [0.717, 1.165) is 55.5 Å². The molecule has 0 unspecified atom stereocenters. The molecule has 0 spiro atoms. The Kier molecular flexibility index (Phi) is 26.8. The molecular weight excluding hydrogens is 1540 g/mol. The smallest absolute Gasteiger partial charge is 0.206 e. The average Bonchev–Trinajstić information content (AvgIpc) is 0.863. The second-order valence-electron chi connectivity index (χ2n) is 37.6. The molecule has 1 aliphatic carbocycles. The fraction of sp³-hybridized carbons (Fsp3) is 0.286. The first-order chi connectivity index (χ1) is 60.1. The minimum absolute atomic E-state index is 0.0961. The Bertz CT molecular complexity index is 7020. The molecule has 5 aromatic heterocycles. The van der Waals surface area contributed by atoms with Gasteiger partial charge in [0.1, 0.15) is 46.9 Å². The predicted octanol–water partition coefficient (Wildman–Crippen LogP) is 29.3. The van der Waals surface area contributed by atoms with Crippen LogP contribution in [0.4, 0.5) is 8.78 Å². The summed E-state index contributed by atoms with van der Waals surface area (Å²) in [7, 11) is 10.5. The van der Waals surface area contributed by atoms with Gasteiger partial charge in [0, 0.05) is 41.5 Å². The van der Waals surface area contributed by atoms with E-state index in [-0.39, 0.29) is 11.6 Å². The van der Waals surface area contributed by atoms with Crippen molar-refractivity contribution in [2.45, 2.75) is 194 Å². The molecule has 0 saturated heterocycles. The van der Waals surface area contributed by atoms with Crippen LogP contribution in [0.25, 0.3) is 132 Å². The van der Waals surface area contributed by atoms with Gasteiger partial charge in [0.25, 0.3) is 0 Å². The van der Waals surface area contributed by atoms with E-state index in [1.165, 1.54) is 174 Å². The average molecular weight is 1670 g/mol. The summed E-state index contributed by atoms with van der Waals surface area (Å²) in [6.45, 7) is 45.0. The van der Waals surface area contributed by atoms with Crippen LogP contribution in [0.3, 0.4) is 0 Å². The maximum Gasteiger partial charge on any atom is 0.223 e. The Labute approximate surface area is 749 Å². The monoisotopic (exact) mass is 1670 g/mol. The molecule has 640 valence electrons. The van der Waals surface area contributed by atoms with Crippen LogP contribution in [0.5, 0.6) is 0 Å². The maximum absolute atomic E-state index is 15.0. The van der Waals surface area contributed by atoms with Gasteiger partial charge < -0.3 is 0 Å². The van der Waals surface area contributed by atoms with E-state index in [2.05, 4.69) is 381 Å². The zero-order valence-electron chi connectivity index (χ0n) is 79.7. The van der Waals surface area contributed by atoms with Crippen molar-refractivity contribution in [3.8, 4) is 67.4 Å². The van der Waals surface area contributed by atoms with E-state index in [1.807, 2.05) is 71.5 Å². The predicted molar refractivity (Wildman–Crippen MR) is 530 cm³/mol. The Morgan fingerprint density at radius 2 is 0.587 bits per heavy atom. The van der Waals surface area contributed by atoms with Gasteiger partial charge >= 0.3 is 0 Å². The van der Waals surface area contributed by atoms with Crippen molar-refractivity contribution in [2.24, 2.45) is 35.2 Å². The highest BCUT2D eigenvalue weighted by Gasteiger charge is 2.28. The van der Waals surface area contributed by atoms with Gasteiger partial charge in [-0.05, 0) is 329 Å². The van der Waals surface area contributed by atoms with Crippen LogP contribution in [0.15, 0.2) is 249 Å². The van der Waals surface area contributed by atoms with Gasteiger partial charge in [-0.25, -0.2) is 31.6 Å². The molecular formula is C119H130F2N5+5. The van der Waals surface area contributed by atoms with Gasteiger partial charge in [-0.1, -0.05) is 203 Å². The molecule has 0 bridgehead atoms. The molecule has 1 aliphatic rings. The fourth-order valence-corrected chi connectivity index (χ4v) is 19.0. The summed E-state index contributed by atoms with van der Waals surface area (Å²) in [4.78, 5) is 0. The Morgan fingerprint density at radius 3 is 1.00 bits per heavy atom. The molecule has 18 rings (SSSR count). The van der Waals surface area contributed by atoms with E-state index >= 15 is 4.39 Å². The van der Waals surface area contributed by atoms with Gasteiger partial charge in [0.05, 0.1) is 43.6 Å². The lowest BCUT2D eigenvalue weighted by Gasteiger charge is -2.14. The third kappa shape index (κ3) is 18.3. The third-order valence-electron chi connectivity index (χ3n) is 26.9. The number of hydrogen-bond acceptors (Lipinski definition) is 0. The second kappa shape index (κ2) is 37.5. The molecule has 0 aliphatic heterocycles. The summed E-state index contributed by atoms with van der Waals surface area (Å²) in [5.74, 6) is 2.42. The van der Waals surface area contributed by atoms with Crippen LogP contribution in [0, 0.1) is 87.8 Å². The fourth-order valence-electron chi connectivity index (χ4n) is 19.0. The van der Waals surface area contributed by atoms with Gasteiger partial charge in [-0.15, -0.1) is 0 Å². The van der Waals surface area contributed by atoms with Crippen LogP contribution in [0.1, 0.15) is 205 Å². The molecule has 126 heavy (non-hydrogen) atoms. The zero-order chi connectivity index (χ0) is 90.3. The lowest BCUT2D eigenvalue weighted by Crippen LogP contribution is -2.31. The van der Waals surface area contributed by atoms with Crippen molar-refractivity contribution < 1.29 is 31.6 Å². The number of aromatic nitrogens is 5. The Hall–Kier alpha value is -12.2. The molecule has 0 N–H and O–H groups in total. The number of halogens is 2. The number of rotatable bonds is 11. The largest absolute Gasteiger partial charge is 0.223 e. The van der Waals surface area contributed by atoms with Crippen LogP contribution in [-0.2, 0) is 48.1 Å². The molecule has 0 atom stereocenters. The Balaban J connectivity index is 0.000000128. The molecule has 5 nitrogen and oxygen atoms in total. The van der Waals surface area contributed by atoms with Crippen LogP contribution in [-0.4, -0.2) is 0 Å². The van der Waals surface area contributed by atoms with Crippen molar-refractivity contribution in [3.63, 3.8) is 0 Å². The molecule has 0 saturated carbocycles. The van der Waals surface area contributed by atoms with Crippen molar-refractivity contribution in [3.05, 3.63) is 361 Å². The highest BCUT2D eigenvalue weighted by atomic mass is 19.1. The molecule has 7 heteroatoms. The first-order valence-corrected chi connectivity index (χ1v) is 45.5. The number of hydrogen-bond donors (Lipinski definition) is 0. The topological polar surface area (TPSA) is 19.4 Å². The van der Waals surface area contributed by atoms with Crippen LogP contribution < -0.4 is 22.8 Å². The summed E-state index contributed by atoms with van der Waals surface area (Å²) in [6.07, 6.45) is 14.5. The van der Waals surface area contributed by atoms with Crippen molar-refractivity contribution in [1.82, 2.24) is 0 Å². The highest BCUT2D eigenvalue weighted by Crippen LogP contribution is 2.41. The molecule has 12 aromatic carbocycles. The zero-order valence-corrected chi connectivity index (χ0v) is 79.7. The number of aryl methyl sites for hydroxylation is 15. The minimum Gasteiger partial charge on any atom is -0.206 e. The minimum atomic E-state index is -0.117. The lowest BCUT2D eigenvalue weighted by molar-refractivity contribution is -0.659. The first kappa shape index (κ1) is 90.1. The third-order valence-corrected chi connectivity index (χ3v) is 26.9. The summed E-state index contributed by atoms with van der Waals surface area (Å²) >= 11 is 0. The van der Waals surface area contributed by atoms with Crippen LogP contribution in [0.2, 0.25) is 0 Å². The van der Waals surface area contributed by atoms with Gasteiger partial charge in [-0.3, -0.25) is 0 Å². The molecule has 0 fully saturated rings. The SMILES string of the molecule is Cc1cc(-c2c(C)cccc2C)ccc1-c1c2ccc(C(C)C)cc2cc[n+]1C.Cc1cc(-c2c3ccc(C(C)C)cc3cc[n+]2C)c(C)c(C)c1F.Cc1cc(C)c(F)c(-c2c3ccc(C(C)C)cc3cc[n+]2C)c1C.Cc1cc2c(cc1-c1c3ccc(C(C)C)cc3cc[n+]1C)CCC2.Cc1cc2ccccc2cc1-c1c2ccc(C(C)C)cc2cc[n+]1C. The molecule has 0 amide bonds. The maximum atomic E-state index is 15.0. The summed E-state index contributed by atoms with van der Waals surface area (Å²) in [6, 6.07) is 80.3. The van der Waals surface area contributed by atoms with E-state index < -0.39 is 0 Å². The first-order valence-electron chi connectivity index (χ1n) is 45.5. The van der Waals surface area contributed by atoms with Gasteiger partial charge in [-0.2, -0.15) is 0 Å². The van der Waals surface area contributed by atoms with Crippen molar-refractivity contribution in [1.29, 1.82) is 0 Å². The van der Waals surface area contributed by atoms with Gasteiger partial charge in [0.15, 0.2) is 31.0 Å². The van der Waals surface area contributed by atoms with Crippen molar-refractivity contribution >= 4 is 64.6 Å². The van der Waals surface area contributed by atoms with E-state index in [4.69, 9.17) is 0 Å². The summed E-state index contributed by atoms with van der Waals surface area (Å²) in [5.41, 5.74) is 36.4. The second-order valence-corrected chi connectivity index (χ2v) is 37.6.